The van der Waals surface area contributed by atoms with Crippen LogP contribution in [0.2, 0.25) is 10.0 Å². The number of hydrogen-bond donors (Lipinski definition) is 1. The average Bonchev–Trinajstić information content (AvgIpc) is 3.34. The van der Waals surface area contributed by atoms with Gasteiger partial charge in [-0.2, -0.15) is 0 Å². The van der Waals surface area contributed by atoms with E-state index in [1.165, 1.54) is 23.9 Å². The van der Waals surface area contributed by atoms with Crippen molar-refractivity contribution in [2.75, 3.05) is 5.75 Å². The molecule has 0 aliphatic heterocycles. The summed E-state index contributed by atoms with van der Waals surface area (Å²) in [6.45, 7) is 2.14. The first-order valence-electron chi connectivity index (χ1n) is 11.6. The maximum Gasteiger partial charge on any atom is 0.269 e. The second-order valence-corrected chi connectivity index (χ2v) is 10.4. The Labute approximate surface area is 219 Å². The largest absolute Gasteiger partial charge is 0.352 e. The molecule has 0 aromatic heterocycles. The third-order valence-electron chi connectivity index (χ3n) is 6.07. The molecule has 0 unspecified atom stereocenters. The van der Waals surface area contributed by atoms with Crippen LogP contribution in [-0.4, -0.2) is 39.5 Å². The van der Waals surface area contributed by atoms with Gasteiger partial charge in [0.1, 0.15) is 6.04 Å². The molecule has 2 aromatic rings. The van der Waals surface area contributed by atoms with Gasteiger partial charge in [-0.1, -0.05) is 61.2 Å². The second kappa shape index (κ2) is 13.1. The van der Waals surface area contributed by atoms with Crippen LogP contribution >= 0.6 is 35.0 Å². The summed E-state index contributed by atoms with van der Waals surface area (Å²) in [5.74, 6) is 0.408. The molecule has 1 aliphatic carbocycles. The van der Waals surface area contributed by atoms with Gasteiger partial charge in [0, 0.05) is 30.5 Å². The molecular weight excluding hydrogens is 509 g/mol. The van der Waals surface area contributed by atoms with Gasteiger partial charge in [-0.15, -0.1) is 11.8 Å². The van der Waals surface area contributed by atoms with Crippen molar-refractivity contribution in [3.63, 3.8) is 0 Å². The Morgan fingerprint density at radius 3 is 2.37 bits per heavy atom. The van der Waals surface area contributed by atoms with Gasteiger partial charge in [0.15, 0.2) is 0 Å². The van der Waals surface area contributed by atoms with E-state index in [2.05, 4.69) is 5.32 Å². The minimum absolute atomic E-state index is 0.0293. The van der Waals surface area contributed by atoms with E-state index < -0.39 is 11.0 Å². The fourth-order valence-electron chi connectivity index (χ4n) is 4.17. The van der Waals surface area contributed by atoms with Gasteiger partial charge in [-0.3, -0.25) is 19.7 Å². The molecule has 35 heavy (non-hydrogen) atoms. The van der Waals surface area contributed by atoms with Crippen molar-refractivity contribution in [1.82, 2.24) is 10.2 Å². The summed E-state index contributed by atoms with van der Waals surface area (Å²) in [5.41, 5.74) is 1.71. The van der Waals surface area contributed by atoms with Gasteiger partial charge in [0.25, 0.3) is 5.69 Å². The maximum atomic E-state index is 13.4. The van der Waals surface area contributed by atoms with Crippen LogP contribution in [-0.2, 0) is 21.9 Å². The van der Waals surface area contributed by atoms with Crippen molar-refractivity contribution in [3.8, 4) is 0 Å². The van der Waals surface area contributed by atoms with Crippen molar-refractivity contribution >= 4 is 52.5 Å². The van der Waals surface area contributed by atoms with Crippen LogP contribution < -0.4 is 5.32 Å². The van der Waals surface area contributed by atoms with E-state index in [-0.39, 0.29) is 35.8 Å². The van der Waals surface area contributed by atoms with Crippen molar-refractivity contribution in [3.05, 3.63) is 73.8 Å². The molecule has 0 heterocycles. The average molecular weight is 538 g/mol. The Morgan fingerprint density at radius 2 is 1.77 bits per heavy atom. The first kappa shape index (κ1) is 27.3. The summed E-state index contributed by atoms with van der Waals surface area (Å²) in [6.07, 6.45) is 4.63. The minimum atomic E-state index is -0.600. The van der Waals surface area contributed by atoms with E-state index in [0.29, 0.717) is 22.2 Å². The fourth-order valence-corrected chi connectivity index (χ4v) is 5.37. The number of halogens is 2. The third kappa shape index (κ3) is 7.85. The van der Waals surface area contributed by atoms with Gasteiger partial charge >= 0.3 is 0 Å². The number of nitrogens with zero attached hydrogens (tertiary/aromatic N) is 2. The van der Waals surface area contributed by atoms with E-state index >= 15 is 0 Å². The van der Waals surface area contributed by atoms with Crippen molar-refractivity contribution in [2.45, 2.75) is 63.4 Å². The van der Waals surface area contributed by atoms with Crippen molar-refractivity contribution in [2.24, 2.45) is 0 Å². The first-order chi connectivity index (χ1) is 16.8. The van der Waals surface area contributed by atoms with Crippen LogP contribution in [0, 0.1) is 10.1 Å². The van der Waals surface area contributed by atoms with E-state index in [9.17, 15) is 19.7 Å². The number of rotatable bonds is 11. The van der Waals surface area contributed by atoms with E-state index in [0.717, 1.165) is 36.8 Å². The van der Waals surface area contributed by atoms with Crippen molar-refractivity contribution < 1.29 is 14.5 Å². The lowest BCUT2D eigenvalue weighted by molar-refractivity contribution is -0.384. The number of carbonyl (C=O) groups excluding carboxylic acids is 2. The molecule has 2 aromatic carbocycles. The summed E-state index contributed by atoms with van der Waals surface area (Å²) in [6, 6.07) is 11.1. The number of benzene rings is 2. The van der Waals surface area contributed by atoms with Gasteiger partial charge in [-0.05, 0) is 42.5 Å². The van der Waals surface area contributed by atoms with Crippen molar-refractivity contribution in [1.29, 1.82) is 0 Å². The Morgan fingerprint density at radius 1 is 1.11 bits per heavy atom. The molecule has 0 bridgehead atoms. The molecule has 1 N–H and O–H groups in total. The van der Waals surface area contributed by atoms with Crippen LogP contribution in [0.25, 0.3) is 0 Å². The Kier molecular flexibility index (Phi) is 10.2. The zero-order valence-electron chi connectivity index (χ0n) is 19.5. The topological polar surface area (TPSA) is 92.6 Å². The molecule has 1 atom stereocenters. The maximum absolute atomic E-state index is 13.4. The van der Waals surface area contributed by atoms with Gasteiger partial charge < -0.3 is 10.2 Å². The number of hydrogen-bond acceptors (Lipinski definition) is 5. The highest BCUT2D eigenvalue weighted by Crippen LogP contribution is 2.25. The lowest BCUT2D eigenvalue weighted by Crippen LogP contribution is -2.51. The van der Waals surface area contributed by atoms with Crippen LogP contribution in [0.3, 0.4) is 0 Å². The van der Waals surface area contributed by atoms with E-state index in [4.69, 9.17) is 23.2 Å². The van der Waals surface area contributed by atoms with Crippen LogP contribution in [0.15, 0.2) is 42.5 Å². The van der Waals surface area contributed by atoms with Gasteiger partial charge in [0.05, 0.1) is 20.7 Å². The molecule has 7 nitrogen and oxygen atoms in total. The predicted octanol–water partition coefficient (Wildman–Crippen LogP) is 6.00. The number of nitro benzene ring substituents is 1. The molecule has 3 rings (SSSR count). The minimum Gasteiger partial charge on any atom is -0.352 e. The van der Waals surface area contributed by atoms with E-state index in [1.807, 2.05) is 6.92 Å². The third-order valence-corrected chi connectivity index (χ3v) is 7.79. The van der Waals surface area contributed by atoms with Gasteiger partial charge in [0.2, 0.25) is 11.8 Å². The zero-order chi connectivity index (χ0) is 25.4. The molecule has 2 amide bonds. The first-order valence-corrected chi connectivity index (χ1v) is 13.5. The quantitative estimate of drug-likeness (QED) is 0.280. The highest BCUT2D eigenvalue weighted by Gasteiger charge is 2.30. The highest BCUT2D eigenvalue weighted by atomic mass is 35.5. The molecule has 1 fully saturated rings. The summed E-state index contributed by atoms with van der Waals surface area (Å²) in [7, 11) is 0. The summed E-state index contributed by atoms with van der Waals surface area (Å²) in [5, 5.41) is 14.8. The molecule has 1 aliphatic rings. The summed E-state index contributed by atoms with van der Waals surface area (Å²) >= 11 is 13.6. The monoisotopic (exact) mass is 537 g/mol. The molecule has 1 saturated carbocycles. The number of thioether (sulfide) groups is 1. The summed E-state index contributed by atoms with van der Waals surface area (Å²) < 4.78 is 0. The SMILES string of the molecule is CC[C@H](C(=O)NC1CCCC1)N(Cc1ccc(Cl)c(Cl)c1)C(=O)CSCc1ccc([N+](=O)[O-])cc1. The number of non-ortho nitro benzene ring substituents is 1. The van der Waals surface area contributed by atoms with Crippen LogP contribution in [0.1, 0.15) is 50.2 Å². The summed E-state index contributed by atoms with van der Waals surface area (Å²) in [4.78, 5) is 38.5. The van der Waals surface area contributed by atoms with Crippen LogP contribution in [0.4, 0.5) is 5.69 Å². The molecule has 188 valence electrons. The molecule has 0 spiro atoms. The van der Waals surface area contributed by atoms with Crippen LogP contribution in [0.5, 0.6) is 0 Å². The smallest absolute Gasteiger partial charge is 0.269 e. The normalized spacial score (nSPS) is 14.5. The Bertz CT molecular complexity index is 1050. The van der Waals surface area contributed by atoms with Gasteiger partial charge in [-0.25, -0.2) is 0 Å². The Hall–Kier alpha value is -2.29. The molecule has 0 saturated heterocycles. The number of nitrogens with one attached hydrogen (secondary N) is 1. The lowest BCUT2D eigenvalue weighted by atomic mass is 10.1. The predicted molar refractivity (Wildman–Crippen MR) is 141 cm³/mol. The number of carbonyl (C=O) groups is 2. The molecule has 10 heteroatoms. The lowest BCUT2D eigenvalue weighted by Gasteiger charge is -2.31. The standard InChI is InChI=1S/C25H29Cl2N3O4S/c1-2-23(25(32)28-19-5-3-4-6-19)29(14-18-9-12-21(26)22(27)13-18)24(31)16-35-15-17-7-10-20(11-8-17)30(33)34/h7-13,19,23H,2-6,14-16H2,1H3,(H,28,32)/t23-/m1/s1. The van der Waals surface area contributed by atoms with E-state index in [1.54, 1.807) is 35.2 Å². The number of amides is 2. The highest BCUT2D eigenvalue weighted by molar-refractivity contribution is 7.99. The second-order valence-electron chi connectivity index (χ2n) is 8.60. The fraction of sp³-hybridized carbons (Fsp3) is 0.440. The number of nitro groups is 1. The zero-order valence-corrected chi connectivity index (χ0v) is 21.9. The molecule has 0 radical (unpaired) electrons. The molecular formula is C25H29Cl2N3O4S. The Balaban J connectivity index is 1.70.